The van der Waals surface area contributed by atoms with Gasteiger partial charge in [-0.05, 0) is 71.3 Å². The molecule has 5 heteroatoms. The molecule has 0 spiro atoms. The predicted octanol–water partition coefficient (Wildman–Crippen LogP) is 6.43. The molecule has 0 N–H and O–H groups in total. The Bertz CT molecular complexity index is 1610. The van der Waals surface area contributed by atoms with Gasteiger partial charge in [0.05, 0.1) is 13.2 Å². The van der Waals surface area contributed by atoms with Crippen LogP contribution in [0.2, 0.25) is 0 Å². The van der Waals surface area contributed by atoms with E-state index >= 15 is 0 Å². The van der Waals surface area contributed by atoms with Gasteiger partial charge >= 0.3 is 0 Å². The molecule has 0 saturated carbocycles. The van der Waals surface area contributed by atoms with E-state index in [0.717, 1.165) is 59.1 Å². The molecular weight excluding hydrogens is 494 g/mol. The van der Waals surface area contributed by atoms with E-state index < -0.39 is 5.41 Å². The van der Waals surface area contributed by atoms with Gasteiger partial charge in [-0.2, -0.15) is 5.26 Å². The summed E-state index contributed by atoms with van der Waals surface area (Å²) in [6.45, 7) is 4.61. The van der Waals surface area contributed by atoms with E-state index in [1.54, 1.807) is 14.0 Å². The number of aryl methyl sites for hydroxylation is 1. The fourth-order valence-corrected chi connectivity index (χ4v) is 6.56. The Morgan fingerprint density at radius 2 is 1.68 bits per heavy atom. The highest BCUT2D eigenvalue weighted by Gasteiger charge is 2.39. The van der Waals surface area contributed by atoms with Crippen LogP contribution in [0.15, 0.2) is 78.9 Å². The van der Waals surface area contributed by atoms with E-state index in [0.29, 0.717) is 19.5 Å². The molecule has 0 unspecified atom stereocenters. The average Bonchev–Trinajstić information content (AvgIpc) is 3.50. The van der Waals surface area contributed by atoms with Crippen molar-refractivity contribution in [2.75, 3.05) is 38.2 Å². The molecule has 4 aromatic carbocycles. The third kappa shape index (κ3) is 4.58. The van der Waals surface area contributed by atoms with Crippen molar-refractivity contribution in [3.8, 4) is 22.9 Å². The number of hydrogen-bond acceptors (Lipinski definition) is 4. The maximum absolute atomic E-state index is 14.1. The van der Waals surface area contributed by atoms with Gasteiger partial charge in [-0.25, -0.2) is 0 Å². The Hall–Kier alpha value is -4.30. The number of benzene rings is 4. The number of amides is 1. The molecule has 0 bridgehead atoms. The largest absolute Gasteiger partial charge is 0.496 e. The molecule has 6 rings (SSSR count). The lowest BCUT2D eigenvalue weighted by atomic mass is 9.79. The second kappa shape index (κ2) is 10.7. The van der Waals surface area contributed by atoms with Crippen molar-refractivity contribution in [3.05, 3.63) is 95.6 Å². The zero-order valence-corrected chi connectivity index (χ0v) is 23.3. The van der Waals surface area contributed by atoms with Crippen LogP contribution >= 0.6 is 0 Å². The molecule has 1 fully saturated rings. The van der Waals surface area contributed by atoms with Gasteiger partial charge < -0.3 is 14.5 Å². The van der Waals surface area contributed by atoms with Crippen LogP contribution in [-0.4, -0.2) is 44.1 Å². The Balaban J connectivity index is 1.29. The molecule has 40 heavy (non-hydrogen) atoms. The quantitative estimate of drug-likeness (QED) is 0.289. The summed E-state index contributed by atoms with van der Waals surface area (Å²) in [7, 11) is 1.67. The molecule has 1 saturated heterocycles. The number of hydrogen-bond donors (Lipinski definition) is 0. The number of anilines is 1. The lowest BCUT2D eigenvalue weighted by Gasteiger charge is -2.39. The summed E-state index contributed by atoms with van der Waals surface area (Å²) in [6.07, 6.45) is 3.84. The van der Waals surface area contributed by atoms with Crippen LogP contribution in [0, 0.1) is 16.7 Å². The van der Waals surface area contributed by atoms with E-state index in [-0.39, 0.29) is 5.91 Å². The molecule has 1 atom stereocenters. The smallest absolute Gasteiger partial charge is 0.243 e. The topological polar surface area (TPSA) is 56.6 Å². The molecular formula is C35H35N3O2. The fraction of sp³-hybridized carbons (Fsp3) is 0.314. The highest BCUT2D eigenvalue weighted by Crippen LogP contribution is 2.40. The zero-order chi connectivity index (χ0) is 27.7. The minimum Gasteiger partial charge on any atom is -0.496 e. The standard InChI is InChI=1S/C35H35N3O2/c1-35(24-36,34(39)38-21-19-37(20-22-38)32-15-8-11-25-10-7-14-28(25)32)23-31-27-12-4-3-9-26(27)17-18-29(31)30-13-5-6-16-33(30)40-2/h3-6,8-9,11-13,15-18H,7,10,14,19-23H2,1-2H3/t35-/m0/s1. The van der Waals surface area contributed by atoms with Crippen molar-refractivity contribution in [1.82, 2.24) is 4.90 Å². The molecule has 0 aromatic heterocycles. The highest BCUT2D eigenvalue weighted by molar-refractivity contribution is 5.94. The Morgan fingerprint density at radius 3 is 2.48 bits per heavy atom. The van der Waals surface area contributed by atoms with Crippen molar-refractivity contribution in [2.24, 2.45) is 5.41 Å². The zero-order valence-electron chi connectivity index (χ0n) is 23.3. The lowest BCUT2D eigenvalue weighted by molar-refractivity contribution is -0.138. The second-order valence-corrected chi connectivity index (χ2v) is 11.2. The first-order chi connectivity index (χ1) is 19.5. The number of ether oxygens (including phenoxy) is 1. The number of nitriles is 1. The maximum atomic E-state index is 14.1. The van der Waals surface area contributed by atoms with Gasteiger partial charge in [0, 0.05) is 43.9 Å². The third-order valence-electron chi connectivity index (χ3n) is 8.72. The molecule has 1 aliphatic carbocycles. The van der Waals surface area contributed by atoms with Crippen LogP contribution in [0.4, 0.5) is 5.69 Å². The predicted molar refractivity (Wildman–Crippen MR) is 161 cm³/mol. The molecule has 1 amide bonds. The third-order valence-corrected chi connectivity index (χ3v) is 8.72. The van der Waals surface area contributed by atoms with Crippen molar-refractivity contribution < 1.29 is 9.53 Å². The summed E-state index contributed by atoms with van der Waals surface area (Å²) in [6, 6.07) is 29.4. The second-order valence-electron chi connectivity index (χ2n) is 11.2. The average molecular weight is 530 g/mol. The van der Waals surface area contributed by atoms with E-state index in [2.05, 4.69) is 53.4 Å². The minimum absolute atomic E-state index is 0.0909. The monoisotopic (exact) mass is 529 g/mol. The van der Waals surface area contributed by atoms with E-state index in [1.807, 2.05) is 41.3 Å². The number of methoxy groups -OCH3 is 1. The van der Waals surface area contributed by atoms with Crippen molar-refractivity contribution >= 4 is 22.4 Å². The first-order valence-electron chi connectivity index (χ1n) is 14.2. The van der Waals surface area contributed by atoms with Crippen LogP contribution in [0.25, 0.3) is 21.9 Å². The first-order valence-corrected chi connectivity index (χ1v) is 14.2. The normalized spacial score (nSPS) is 16.3. The van der Waals surface area contributed by atoms with Crippen LogP contribution < -0.4 is 9.64 Å². The number of piperazine rings is 1. The van der Waals surface area contributed by atoms with Gasteiger partial charge in [0.25, 0.3) is 0 Å². The van der Waals surface area contributed by atoms with Gasteiger partial charge in [-0.15, -0.1) is 0 Å². The molecule has 0 radical (unpaired) electrons. The van der Waals surface area contributed by atoms with Crippen LogP contribution in [0.3, 0.4) is 0 Å². The SMILES string of the molecule is COc1ccccc1-c1ccc2ccccc2c1C[C@@](C)(C#N)C(=O)N1CCN(c2cccc3c2CCC3)CC1. The van der Waals surface area contributed by atoms with Crippen molar-refractivity contribution in [3.63, 3.8) is 0 Å². The summed E-state index contributed by atoms with van der Waals surface area (Å²) >= 11 is 0. The highest BCUT2D eigenvalue weighted by atomic mass is 16.5. The molecule has 1 aliphatic heterocycles. The van der Waals surface area contributed by atoms with Gasteiger partial charge in [0.2, 0.25) is 5.91 Å². The van der Waals surface area contributed by atoms with Gasteiger partial charge in [0.1, 0.15) is 11.2 Å². The molecule has 2 aliphatic rings. The summed E-state index contributed by atoms with van der Waals surface area (Å²) in [4.78, 5) is 18.4. The number of para-hydroxylation sites is 1. The lowest BCUT2D eigenvalue weighted by Crippen LogP contribution is -2.53. The van der Waals surface area contributed by atoms with Crippen molar-refractivity contribution in [2.45, 2.75) is 32.6 Å². The van der Waals surface area contributed by atoms with E-state index in [9.17, 15) is 10.1 Å². The Kier molecular flexibility index (Phi) is 6.94. The van der Waals surface area contributed by atoms with Gasteiger partial charge in [-0.3, -0.25) is 4.79 Å². The van der Waals surface area contributed by atoms with Crippen LogP contribution in [0.5, 0.6) is 5.75 Å². The number of carbonyl (C=O) groups excluding carboxylic acids is 1. The number of rotatable bonds is 6. The summed E-state index contributed by atoms with van der Waals surface area (Å²) in [5.74, 6) is 0.680. The number of carbonyl (C=O) groups is 1. The van der Waals surface area contributed by atoms with Crippen molar-refractivity contribution in [1.29, 1.82) is 5.26 Å². The Morgan fingerprint density at radius 1 is 0.900 bits per heavy atom. The fourth-order valence-electron chi connectivity index (χ4n) is 6.56. The van der Waals surface area contributed by atoms with E-state index in [1.165, 1.54) is 23.2 Å². The number of fused-ring (bicyclic) bond motifs is 2. The first kappa shape index (κ1) is 26.0. The van der Waals surface area contributed by atoms with E-state index in [4.69, 9.17) is 4.74 Å². The van der Waals surface area contributed by atoms with Gasteiger partial charge in [-0.1, -0.05) is 66.7 Å². The summed E-state index contributed by atoms with van der Waals surface area (Å²) in [5, 5.41) is 12.6. The molecule has 4 aromatic rings. The summed E-state index contributed by atoms with van der Waals surface area (Å²) < 4.78 is 5.70. The van der Waals surface area contributed by atoms with Gasteiger partial charge in [0.15, 0.2) is 0 Å². The van der Waals surface area contributed by atoms with Crippen LogP contribution in [-0.2, 0) is 24.1 Å². The number of nitrogens with zero attached hydrogens (tertiary/aromatic N) is 3. The molecule has 1 heterocycles. The molecule has 5 nitrogen and oxygen atoms in total. The maximum Gasteiger partial charge on any atom is 0.243 e. The minimum atomic E-state index is -1.20. The Labute approximate surface area is 236 Å². The van der Waals surface area contributed by atoms with Crippen LogP contribution in [0.1, 0.15) is 30.0 Å². The summed E-state index contributed by atoms with van der Waals surface area (Å²) in [5.41, 5.74) is 6.02. The molecule has 202 valence electrons.